The normalized spacial score (nSPS) is 11.5. The first-order valence-electron chi connectivity index (χ1n) is 7.57. The smallest absolute Gasteiger partial charge is 0.240 e. The molecule has 0 radical (unpaired) electrons. The van der Waals surface area contributed by atoms with E-state index in [1.54, 1.807) is 12.1 Å². The third-order valence-corrected chi connectivity index (χ3v) is 5.30. The zero-order valence-electron chi connectivity index (χ0n) is 14.0. The average Bonchev–Trinajstić information content (AvgIpc) is 2.48. The highest BCUT2D eigenvalue weighted by Gasteiger charge is 2.14. The fourth-order valence-electron chi connectivity index (χ4n) is 2.32. The Morgan fingerprint density at radius 3 is 2.17 bits per heavy atom. The Labute approximate surface area is 138 Å². The number of para-hydroxylation sites is 1. The van der Waals surface area contributed by atoms with E-state index in [-0.39, 0.29) is 18.0 Å². The molecule has 0 aromatic heterocycles. The van der Waals surface area contributed by atoms with E-state index in [4.69, 9.17) is 4.74 Å². The van der Waals surface area contributed by atoms with Crippen LogP contribution in [0.1, 0.15) is 22.3 Å². The Bertz CT molecular complexity index is 778. The molecule has 0 fully saturated rings. The number of hydrogen-bond donors (Lipinski definition) is 1. The molecule has 2 aromatic carbocycles. The van der Waals surface area contributed by atoms with Crippen molar-refractivity contribution in [3.05, 3.63) is 58.7 Å². The van der Waals surface area contributed by atoms with E-state index in [0.29, 0.717) is 0 Å². The van der Waals surface area contributed by atoms with Crippen molar-refractivity contribution in [3.63, 3.8) is 0 Å². The second-order valence-electron chi connectivity index (χ2n) is 5.71. The zero-order valence-corrected chi connectivity index (χ0v) is 14.8. The summed E-state index contributed by atoms with van der Waals surface area (Å²) >= 11 is 0. The maximum atomic E-state index is 12.3. The summed E-state index contributed by atoms with van der Waals surface area (Å²) in [5.74, 6) is 0.817. The van der Waals surface area contributed by atoms with Crippen molar-refractivity contribution < 1.29 is 13.2 Å². The predicted molar refractivity (Wildman–Crippen MR) is 92.5 cm³/mol. The van der Waals surface area contributed by atoms with Crippen LogP contribution in [0.4, 0.5) is 0 Å². The van der Waals surface area contributed by atoms with Crippen LogP contribution >= 0.6 is 0 Å². The van der Waals surface area contributed by atoms with Crippen molar-refractivity contribution in [1.82, 2.24) is 4.72 Å². The quantitative estimate of drug-likeness (QED) is 0.826. The van der Waals surface area contributed by atoms with Gasteiger partial charge in [0.15, 0.2) is 0 Å². The molecule has 0 saturated carbocycles. The van der Waals surface area contributed by atoms with Crippen LogP contribution < -0.4 is 9.46 Å². The van der Waals surface area contributed by atoms with Gasteiger partial charge >= 0.3 is 0 Å². The van der Waals surface area contributed by atoms with Crippen molar-refractivity contribution in [2.45, 2.75) is 32.6 Å². The number of benzene rings is 2. The van der Waals surface area contributed by atoms with Gasteiger partial charge < -0.3 is 4.74 Å². The maximum absolute atomic E-state index is 12.3. The highest BCUT2D eigenvalue weighted by Crippen LogP contribution is 2.22. The van der Waals surface area contributed by atoms with Crippen molar-refractivity contribution in [1.29, 1.82) is 0 Å². The lowest BCUT2D eigenvalue weighted by Crippen LogP contribution is -2.28. The molecule has 0 bridgehead atoms. The van der Waals surface area contributed by atoms with E-state index < -0.39 is 10.0 Å². The lowest BCUT2D eigenvalue weighted by atomic mass is 10.1. The van der Waals surface area contributed by atoms with Crippen LogP contribution in [0.5, 0.6) is 5.75 Å². The third-order valence-electron chi connectivity index (χ3n) is 3.84. The first-order chi connectivity index (χ1) is 10.8. The Kier molecular flexibility index (Phi) is 5.44. The van der Waals surface area contributed by atoms with Gasteiger partial charge in [0.25, 0.3) is 0 Å². The number of aryl methyl sites for hydroxylation is 4. The molecule has 5 heteroatoms. The minimum absolute atomic E-state index is 0.225. The molecule has 1 N–H and O–H groups in total. The van der Waals surface area contributed by atoms with Crippen LogP contribution in [-0.4, -0.2) is 21.6 Å². The lowest BCUT2D eigenvalue weighted by molar-refractivity contribution is 0.318. The lowest BCUT2D eigenvalue weighted by Gasteiger charge is -2.13. The van der Waals surface area contributed by atoms with Crippen LogP contribution in [0.2, 0.25) is 0 Å². The number of sulfonamides is 1. The summed E-state index contributed by atoms with van der Waals surface area (Å²) in [6, 6.07) is 11.0. The third kappa shape index (κ3) is 4.33. The van der Waals surface area contributed by atoms with E-state index in [1.807, 2.05) is 52.0 Å². The van der Waals surface area contributed by atoms with Crippen LogP contribution in [-0.2, 0) is 10.0 Å². The molecular weight excluding hydrogens is 310 g/mol. The molecule has 0 heterocycles. The van der Waals surface area contributed by atoms with E-state index in [0.717, 1.165) is 28.0 Å². The van der Waals surface area contributed by atoms with Crippen molar-refractivity contribution in [3.8, 4) is 5.75 Å². The van der Waals surface area contributed by atoms with E-state index in [9.17, 15) is 8.42 Å². The topological polar surface area (TPSA) is 55.4 Å². The first-order valence-corrected chi connectivity index (χ1v) is 9.05. The Morgan fingerprint density at radius 2 is 1.57 bits per heavy atom. The Balaban J connectivity index is 1.96. The number of ether oxygens (including phenoxy) is 1. The minimum Gasteiger partial charge on any atom is -0.492 e. The second-order valence-corrected chi connectivity index (χ2v) is 7.48. The monoisotopic (exact) mass is 333 g/mol. The second kappa shape index (κ2) is 7.15. The molecule has 0 aliphatic rings. The fourth-order valence-corrected chi connectivity index (χ4v) is 3.42. The van der Waals surface area contributed by atoms with Crippen LogP contribution in [0.25, 0.3) is 0 Å². The van der Waals surface area contributed by atoms with Gasteiger partial charge in [0.05, 0.1) is 4.90 Å². The molecule has 124 valence electrons. The molecule has 0 atom stereocenters. The van der Waals surface area contributed by atoms with Gasteiger partial charge in [-0.2, -0.15) is 0 Å². The fraction of sp³-hybridized carbons (Fsp3) is 0.333. The van der Waals surface area contributed by atoms with E-state index >= 15 is 0 Å². The Morgan fingerprint density at radius 1 is 0.913 bits per heavy atom. The summed E-state index contributed by atoms with van der Waals surface area (Å²) in [5, 5.41) is 0. The number of rotatable bonds is 6. The predicted octanol–water partition coefficient (Wildman–Crippen LogP) is 3.28. The van der Waals surface area contributed by atoms with Gasteiger partial charge in [-0.15, -0.1) is 0 Å². The average molecular weight is 333 g/mol. The van der Waals surface area contributed by atoms with Crippen LogP contribution in [0.3, 0.4) is 0 Å². The van der Waals surface area contributed by atoms with Gasteiger partial charge in [0, 0.05) is 6.54 Å². The van der Waals surface area contributed by atoms with Crippen LogP contribution in [0.15, 0.2) is 41.3 Å². The summed E-state index contributed by atoms with van der Waals surface area (Å²) in [6.07, 6.45) is 0. The van der Waals surface area contributed by atoms with Gasteiger partial charge in [-0.1, -0.05) is 24.3 Å². The van der Waals surface area contributed by atoms with Gasteiger partial charge in [-0.25, -0.2) is 13.1 Å². The van der Waals surface area contributed by atoms with Crippen LogP contribution in [0, 0.1) is 27.7 Å². The molecule has 0 aliphatic carbocycles. The van der Waals surface area contributed by atoms with Gasteiger partial charge in [0.2, 0.25) is 10.0 Å². The van der Waals surface area contributed by atoms with Crippen molar-refractivity contribution in [2.75, 3.05) is 13.2 Å². The van der Waals surface area contributed by atoms with Crippen molar-refractivity contribution >= 4 is 10.0 Å². The number of hydrogen-bond acceptors (Lipinski definition) is 3. The molecule has 0 aliphatic heterocycles. The molecule has 0 amide bonds. The molecule has 2 rings (SSSR count). The molecule has 23 heavy (non-hydrogen) atoms. The number of nitrogens with one attached hydrogen (secondary N) is 1. The molecular formula is C18H23NO3S. The molecule has 0 saturated heterocycles. The minimum atomic E-state index is -3.50. The zero-order chi connectivity index (χ0) is 17.0. The Hall–Kier alpha value is -1.85. The molecule has 0 unspecified atom stereocenters. The largest absolute Gasteiger partial charge is 0.492 e. The SMILES string of the molecule is Cc1ccc(S(=O)(=O)NCCOc2c(C)cccc2C)cc1C. The first kappa shape index (κ1) is 17.5. The molecule has 2 aromatic rings. The summed E-state index contributed by atoms with van der Waals surface area (Å²) in [6.45, 7) is 8.32. The van der Waals surface area contributed by atoms with E-state index in [2.05, 4.69) is 4.72 Å². The summed E-state index contributed by atoms with van der Waals surface area (Å²) in [4.78, 5) is 0.285. The van der Waals surface area contributed by atoms with Gasteiger partial charge in [-0.3, -0.25) is 0 Å². The molecule has 0 spiro atoms. The summed E-state index contributed by atoms with van der Waals surface area (Å²) in [7, 11) is -3.50. The summed E-state index contributed by atoms with van der Waals surface area (Å²) in [5.41, 5.74) is 4.12. The highest BCUT2D eigenvalue weighted by atomic mass is 32.2. The van der Waals surface area contributed by atoms with Gasteiger partial charge in [0.1, 0.15) is 12.4 Å². The van der Waals surface area contributed by atoms with Gasteiger partial charge in [-0.05, 0) is 62.1 Å². The van der Waals surface area contributed by atoms with Crippen molar-refractivity contribution in [2.24, 2.45) is 0 Å². The van der Waals surface area contributed by atoms with E-state index in [1.165, 1.54) is 0 Å². The standard InChI is InChI=1S/C18H23NO3S/c1-13-8-9-17(12-16(13)4)23(20,21)19-10-11-22-18-14(2)6-5-7-15(18)3/h5-9,12,19H,10-11H2,1-4H3. The highest BCUT2D eigenvalue weighted by molar-refractivity contribution is 7.89. The maximum Gasteiger partial charge on any atom is 0.240 e. The molecule has 4 nitrogen and oxygen atoms in total. The summed E-state index contributed by atoms with van der Waals surface area (Å²) < 4.78 is 32.8.